The topological polar surface area (TPSA) is 72.0 Å². The molecular weight excluding hydrogens is 372 g/mol. The van der Waals surface area contributed by atoms with Crippen molar-refractivity contribution in [1.29, 1.82) is 0 Å². The molecule has 28 heavy (non-hydrogen) atoms. The van der Waals surface area contributed by atoms with Crippen LogP contribution >= 0.6 is 11.8 Å². The van der Waals surface area contributed by atoms with E-state index in [0.717, 1.165) is 11.6 Å². The minimum absolute atomic E-state index is 0.0336. The maximum absolute atomic E-state index is 11.9. The van der Waals surface area contributed by atoms with E-state index in [1.807, 2.05) is 20.0 Å². The summed E-state index contributed by atoms with van der Waals surface area (Å²) in [7, 11) is 0. The molecule has 1 saturated heterocycles. The van der Waals surface area contributed by atoms with E-state index >= 15 is 0 Å². The highest BCUT2D eigenvalue weighted by atomic mass is 32.2. The van der Waals surface area contributed by atoms with Gasteiger partial charge in [-0.15, -0.1) is 0 Å². The number of amides is 1. The van der Waals surface area contributed by atoms with Crippen LogP contribution in [0.5, 0.6) is 0 Å². The Balaban J connectivity index is 1.41. The van der Waals surface area contributed by atoms with Crippen molar-refractivity contribution in [3.8, 4) is 0 Å². The fourth-order valence-electron chi connectivity index (χ4n) is 3.98. The third-order valence-corrected chi connectivity index (χ3v) is 6.26. The number of hydrazine groups is 1. The van der Waals surface area contributed by atoms with E-state index in [4.69, 9.17) is 0 Å². The minimum Gasteiger partial charge on any atom is -0.353 e. The van der Waals surface area contributed by atoms with Gasteiger partial charge in [-0.3, -0.25) is 10.2 Å². The van der Waals surface area contributed by atoms with Gasteiger partial charge in [-0.25, -0.2) is 5.43 Å². The Bertz CT molecular complexity index is 823. The molecule has 0 spiro atoms. The van der Waals surface area contributed by atoms with Crippen molar-refractivity contribution >= 4 is 22.8 Å². The van der Waals surface area contributed by atoms with Crippen LogP contribution in [0, 0.1) is 13.8 Å². The first-order valence-corrected chi connectivity index (χ1v) is 10.7. The van der Waals surface area contributed by atoms with Crippen molar-refractivity contribution in [2.45, 2.75) is 58.4 Å². The zero-order valence-corrected chi connectivity index (χ0v) is 17.6. The lowest BCUT2D eigenvalue weighted by molar-refractivity contribution is -0.119. The summed E-state index contributed by atoms with van der Waals surface area (Å²) in [5.74, 6) is 0.402. The number of carbonyl (C=O) groups excluding carboxylic acids is 1. The van der Waals surface area contributed by atoms with Crippen LogP contribution in [0.1, 0.15) is 43.0 Å². The first-order chi connectivity index (χ1) is 13.4. The molecule has 3 N–H and O–H groups in total. The highest BCUT2D eigenvalue weighted by Crippen LogP contribution is 2.36. The molecule has 0 aliphatic carbocycles. The number of hydrogen-bond acceptors (Lipinski definition) is 7. The number of nitrogens with one attached hydrogen (secondary N) is 3. The predicted molar refractivity (Wildman–Crippen MR) is 113 cm³/mol. The molecule has 1 amide bonds. The molecule has 1 aromatic carbocycles. The SMILES string of the molecule is Cc1ccc(C)c(C2CC3C4NN=C(SCC(=O)NC(C)C)N4C=CN3N2)c1. The summed E-state index contributed by atoms with van der Waals surface area (Å²) in [5, 5.41) is 10.4. The summed E-state index contributed by atoms with van der Waals surface area (Å²) in [4.78, 5) is 14.1. The largest absolute Gasteiger partial charge is 0.353 e. The van der Waals surface area contributed by atoms with E-state index in [2.05, 4.69) is 69.4 Å². The normalized spacial score (nSPS) is 25.5. The molecule has 3 heterocycles. The van der Waals surface area contributed by atoms with Crippen molar-refractivity contribution in [1.82, 2.24) is 26.1 Å². The molecule has 0 bridgehead atoms. The Morgan fingerprint density at radius 3 is 2.96 bits per heavy atom. The lowest BCUT2D eigenvalue weighted by atomic mass is 9.95. The molecule has 3 aliphatic heterocycles. The fourth-order valence-corrected chi connectivity index (χ4v) is 4.77. The number of nitrogens with zero attached hydrogens (tertiary/aromatic N) is 3. The molecule has 1 aromatic rings. The van der Waals surface area contributed by atoms with Crippen molar-refractivity contribution in [2.24, 2.45) is 5.10 Å². The van der Waals surface area contributed by atoms with E-state index in [9.17, 15) is 4.79 Å². The molecule has 3 unspecified atom stereocenters. The number of carbonyl (C=O) groups is 1. The van der Waals surface area contributed by atoms with Gasteiger partial charge in [-0.2, -0.15) is 5.10 Å². The molecule has 0 saturated carbocycles. The van der Waals surface area contributed by atoms with Crippen LogP contribution in [-0.4, -0.2) is 45.0 Å². The molecule has 4 rings (SSSR count). The molecule has 7 nitrogen and oxygen atoms in total. The van der Waals surface area contributed by atoms with Gasteiger partial charge in [0.2, 0.25) is 5.91 Å². The average Bonchev–Trinajstić information content (AvgIpc) is 3.24. The number of fused-ring (bicyclic) bond motifs is 3. The van der Waals surface area contributed by atoms with E-state index in [1.165, 1.54) is 28.5 Å². The first-order valence-electron chi connectivity index (χ1n) is 9.76. The lowest BCUT2D eigenvalue weighted by Gasteiger charge is -2.36. The molecule has 150 valence electrons. The van der Waals surface area contributed by atoms with Gasteiger partial charge in [-0.1, -0.05) is 35.5 Å². The van der Waals surface area contributed by atoms with Gasteiger partial charge in [0.1, 0.15) is 6.17 Å². The van der Waals surface area contributed by atoms with Gasteiger partial charge >= 0.3 is 0 Å². The molecule has 1 fully saturated rings. The number of hydrazone groups is 1. The Labute approximate surface area is 170 Å². The molecule has 3 aliphatic rings. The maximum atomic E-state index is 11.9. The maximum Gasteiger partial charge on any atom is 0.230 e. The highest BCUT2D eigenvalue weighted by molar-refractivity contribution is 8.14. The monoisotopic (exact) mass is 400 g/mol. The Kier molecular flexibility index (Phi) is 5.25. The zero-order valence-electron chi connectivity index (χ0n) is 16.8. The van der Waals surface area contributed by atoms with Crippen LogP contribution in [0.4, 0.5) is 0 Å². The molecule has 0 aromatic heterocycles. The van der Waals surface area contributed by atoms with Crippen molar-refractivity contribution in [2.75, 3.05) is 5.75 Å². The van der Waals surface area contributed by atoms with Gasteiger partial charge in [0.25, 0.3) is 0 Å². The predicted octanol–water partition coefficient (Wildman–Crippen LogP) is 2.17. The van der Waals surface area contributed by atoms with Crippen LogP contribution in [0.2, 0.25) is 0 Å². The van der Waals surface area contributed by atoms with E-state index in [0.29, 0.717) is 5.75 Å². The zero-order chi connectivity index (χ0) is 19.8. The third-order valence-electron chi connectivity index (χ3n) is 5.30. The number of benzene rings is 1. The first kappa shape index (κ1) is 19.1. The average molecular weight is 401 g/mol. The number of thioether (sulfide) groups is 1. The highest BCUT2D eigenvalue weighted by Gasteiger charge is 2.44. The van der Waals surface area contributed by atoms with Crippen molar-refractivity contribution in [3.05, 3.63) is 47.3 Å². The molecule has 0 radical (unpaired) electrons. The summed E-state index contributed by atoms with van der Waals surface area (Å²) >= 11 is 1.47. The van der Waals surface area contributed by atoms with Gasteiger partial charge < -0.3 is 15.2 Å². The van der Waals surface area contributed by atoms with Gasteiger partial charge in [0.05, 0.1) is 17.8 Å². The van der Waals surface area contributed by atoms with Crippen LogP contribution in [0.25, 0.3) is 0 Å². The van der Waals surface area contributed by atoms with Gasteiger partial charge in [0, 0.05) is 18.4 Å². The second-order valence-corrected chi connectivity index (χ2v) is 8.88. The van der Waals surface area contributed by atoms with E-state index in [-0.39, 0.29) is 30.2 Å². The van der Waals surface area contributed by atoms with Crippen molar-refractivity contribution < 1.29 is 4.79 Å². The third kappa shape index (κ3) is 3.71. The van der Waals surface area contributed by atoms with Crippen LogP contribution in [0.15, 0.2) is 35.7 Å². The Morgan fingerprint density at radius 1 is 1.36 bits per heavy atom. The van der Waals surface area contributed by atoms with Crippen LogP contribution in [-0.2, 0) is 4.79 Å². The summed E-state index contributed by atoms with van der Waals surface area (Å²) in [6, 6.07) is 7.33. The summed E-state index contributed by atoms with van der Waals surface area (Å²) in [5.41, 5.74) is 10.9. The number of hydrogen-bond donors (Lipinski definition) is 3. The molecule has 3 atom stereocenters. The van der Waals surface area contributed by atoms with Gasteiger partial charge in [-0.05, 0) is 45.2 Å². The standard InChI is InChI=1S/C20H28N6OS/c1-12(2)21-18(27)11-28-20-23-22-19-17-10-16(24-26(17)8-7-25(19)20)15-9-13(3)5-6-14(15)4/h5-9,12,16-17,19,22,24H,10-11H2,1-4H3,(H,21,27). The van der Waals surface area contributed by atoms with Gasteiger partial charge in [0.15, 0.2) is 5.17 Å². The molecule has 8 heteroatoms. The number of amidine groups is 1. The van der Waals surface area contributed by atoms with Crippen LogP contribution in [0.3, 0.4) is 0 Å². The fraction of sp³-hybridized carbons (Fsp3) is 0.500. The smallest absolute Gasteiger partial charge is 0.230 e. The quantitative estimate of drug-likeness (QED) is 0.720. The van der Waals surface area contributed by atoms with E-state index in [1.54, 1.807) is 0 Å². The second-order valence-electron chi connectivity index (χ2n) is 7.94. The number of rotatable bonds is 4. The van der Waals surface area contributed by atoms with E-state index < -0.39 is 0 Å². The summed E-state index contributed by atoms with van der Waals surface area (Å²) in [6.07, 6.45) is 5.17. The number of aryl methyl sites for hydroxylation is 2. The minimum atomic E-state index is 0.0336. The van der Waals surface area contributed by atoms with Crippen molar-refractivity contribution in [3.63, 3.8) is 0 Å². The Hall–Kier alpha value is -2.19. The lowest BCUT2D eigenvalue weighted by Crippen LogP contribution is -2.54. The summed E-state index contributed by atoms with van der Waals surface area (Å²) < 4.78 is 0. The summed E-state index contributed by atoms with van der Waals surface area (Å²) in [6.45, 7) is 8.24. The van der Waals surface area contributed by atoms with Crippen LogP contribution < -0.4 is 16.2 Å². The Morgan fingerprint density at radius 2 is 2.18 bits per heavy atom. The molecular formula is C20H28N6OS. The second kappa shape index (κ2) is 7.67.